The summed E-state index contributed by atoms with van der Waals surface area (Å²) in [5, 5.41) is 5.71. The van der Waals surface area contributed by atoms with Crippen LogP contribution in [0.5, 0.6) is 0 Å². The van der Waals surface area contributed by atoms with Crippen molar-refractivity contribution in [3.8, 4) is 0 Å². The summed E-state index contributed by atoms with van der Waals surface area (Å²) in [5.41, 5.74) is -0.723. The molecule has 0 radical (unpaired) electrons. The molecule has 1 saturated heterocycles. The Balaban J connectivity index is 1.58. The molecule has 2 N–H and O–H groups in total. The molecule has 10 nitrogen and oxygen atoms in total. The van der Waals surface area contributed by atoms with Crippen molar-refractivity contribution < 1.29 is 33.6 Å². The Morgan fingerprint density at radius 1 is 0.780 bits per heavy atom. The minimum atomic E-state index is -0.968. The average molecular weight is 698 g/mol. The molecule has 4 aliphatic rings. The first kappa shape index (κ1) is 39.9. The van der Waals surface area contributed by atoms with Crippen molar-refractivity contribution in [3.05, 3.63) is 0 Å². The lowest BCUT2D eigenvalue weighted by molar-refractivity contribution is -0.148. The van der Waals surface area contributed by atoms with Gasteiger partial charge < -0.3 is 15.5 Å². The summed E-state index contributed by atoms with van der Waals surface area (Å²) in [4.78, 5) is 96.7. The van der Waals surface area contributed by atoms with Crippen LogP contribution in [0.2, 0.25) is 0 Å². The van der Waals surface area contributed by atoms with Crippen LogP contribution < -0.4 is 10.6 Å². The second-order valence-electron chi connectivity index (χ2n) is 17.3. The van der Waals surface area contributed by atoms with Crippen molar-refractivity contribution in [1.82, 2.24) is 15.5 Å². The Kier molecular flexibility index (Phi) is 14.0. The largest absolute Gasteiger partial charge is 0.347 e. The van der Waals surface area contributed by atoms with E-state index in [0.29, 0.717) is 19.3 Å². The number of hydrogen-bond donors (Lipinski definition) is 2. The van der Waals surface area contributed by atoms with Crippen LogP contribution in [-0.2, 0) is 33.6 Å². The van der Waals surface area contributed by atoms with Crippen LogP contribution in [0.3, 0.4) is 0 Å². The molecule has 4 fully saturated rings. The normalized spacial score (nSPS) is 24.5. The molecular formula is C40H63N3O7. The Bertz CT molecular complexity index is 1280. The standard InChI is InChI=1S/C40H63N3O7/c1-7-13-28(35(47)33(45)20-25-18-19-25)22-32(44)31-21-27-16-11-12-17-30(27)43(31)39(50)36(40(4,5)6)42-37(48)29(26-14-9-8-10-15-26)23-34(46)38(49)41-24(2)3/h24-31,36H,7-23H2,1-6H3,(H,41,49)(H,42,48)/t27-,28+,29-,30-,31-,36+/m0/s1. The molecule has 1 aliphatic heterocycles. The van der Waals surface area contributed by atoms with Gasteiger partial charge >= 0.3 is 0 Å². The molecule has 0 aromatic rings. The second-order valence-corrected chi connectivity index (χ2v) is 17.3. The predicted octanol–water partition coefficient (Wildman–Crippen LogP) is 5.67. The number of amides is 3. The van der Waals surface area contributed by atoms with Crippen LogP contribution in [0.25, 0.3) is 0 Å². The number of nitrogens with zero attached hydrogens (tertiary/aromatic N) is 1. The number of Topliss-reactive ketones (excluding diaryl/α,β-unsaturated/α-hetero) is 4. The van der Waals surface area contributed by atoms with Crippen LogP contribution >= 0.6 is 0 Å². The van der Waals surface area contributed by atoms with Gasteiger partial charge in [-0.05, 0) is 88.4 Å². The number of rotatable bonds is 17. The Hall–Kier alpha value is -2.91. The van der Waals surface area contributed by atoms with E-state index < -0.39 is 52.7 Å². The van der Waals surface area contributed by atoms with Gasteiger partial charge in [0.05, 0.1) is 6.04 Å². The highest BCUT2D eigenvalue weighted by atomic mass is 16.2. The van der Waals surface area contributed by atoms with Crippen molar-refractivity contribution >= 4 is 40.9 Å². The number of hydrogen-bond acceptors (Lipinski definition) is 7. The molecule has 3 aliphatic carbocycles. The topological polar surface area (TPSA) is 147 Å². The van der Waals surface area contributed by atoms with Gasteiger partial charge in [0.1, 0.15) is 6.04 Å². The molecule has 10 heteroatoms. The Morgan fingerprint density at radius 3 is 2.02 bits per heavy atom. The number of fused-ring (bicyclic) bond motifs is 1. The third-order valence-corrected chi connectivity index (χ3v) is 11.6. The molecule has 0 bridgehead atoms. The van der Waals surface area contributed by atoms with Gasteiger partial charge in [-0.25, -0.2) is 0 Å². The summed E-state index contributed by atoms with van der Waals surface area (Å²) in [6.07, 6.45) is 11.7. The quantitative estimate of drug-likeness (QED) is 0.186. The summed E-state index contributed by atoms with van der Waals surface area (Å²) >= 11 is 0. The van der Waals surface area contributed by atoms with E-state index in [1.807, 2.05) is 27.7 Å². The van der Waals surface area contributed by atoms with E-state index in [0.717, 1.165) is 70.6 Å². The fourth-order valence-electron chi connectivity index (χ4n) is 8.72. The van der Waals surface area contributed by atoms with Gasteiger partial charge in [-0.2, -0.15) is 0 Å². The predicted molar refractivity (Wildman–Crippen MR) is 191 cm³/mol. The van der Waals surface area contributed by atoms with Gasteiger partial charge in [0.15, 0.2) is 11.6 Å². The molecule has 50 heavy (non-hydrogen) atoms. The van der Waals surface area contributed by atoms with Crippen LogP contribution in [0.1, 0.15) is 151 Å². The van der Waals surface area contributed by atoms with E-state index in [1.54, 1.807) is 18.7 Å². The zero-order valence-electron chi connectivity index (χ0n) is 31.5. The number of likely N-dealkylation sites (tertiary alicyclic amines) is 1. The van der Waals surface area contributed by atoms with Gasteiger partial charge in [0.25, 0.3) is 5.91 Å². The van der Waals surface area contributed by atoms with E-state index in [-0.39, 0.29) is 66.6 Å². The smallest absolute Gasteiger partial charge is 0.287 e. The molecule has 1 heterocycles. The maximum absolute atomic E-state index is 14.8. The lowest BCUT2D eigenvalue weighted by Gasteiger charge is -2.40. The highest BCUT2D eigenvalue weighted by Crippen LogP contribution is 2.42. The summed E-state index contributed by atoms with van der Waals surface area (Å²) < 4.78 is 0. The van der Waals surface area contributed by atoms with E-state index in [1.165, 1.54) is 0 Å². The summed E-state index contributed by atoms with van der Waals surface area (Å²) in [6, 6.07) is -2.04. The third-order valence-electron chi connectivity index (χ3n) is 11.6. The molecule has 0 unspecified atom stereocenters. The molecular weight excluding hydrogens is 634 g/mol. The van der Waals surface area contributed by atoms with Gasteiger partial charge in [-0.1, -0.05) is 66.2 Å². The zero-order valence-corrected chi connectivity index (χ0v) is 31.5. The van der Waals surface area contributed by atoms with Crippen LogP contribution in [0.15, 0.2) is 0 Å². The van der Waals surface area contributed by atoms with Crippen LogP contribution in [0.4, 0.5) is 0 Å². The lowest BCUT2D eigenvalue weighted by atomic mass is 9.76. The molecule has 4 rings (SSSR count). The highest BCUT2D eigenvalue weighted by Gasteiger charge is 2.51. The number of nitrogens with one attached hydrogen (secondary N) is 2. The molecule has 3 saturated carbocycles. The van der Waals surface area contributed by atoms with Gasteiger partial charge in [0.2, 0.25) is 23.4 Å². The van der Waals surface area contributed by atoms with Gasteiger partial charge in [0, 0.05) is 43.2 Å². The third kappa shape index (κ3) is 10.3. The molecule has 0 spiro atoms. The first-order valence-corrected chi connectivity index (χ1v) is 19.7. The maximum Gasteiger partial charge on any atom is 0.287 e. The minimum absolute atomic E-state index is 0.0617. The lowest BCUT2D eigenvalue weighted by Crippen LogP contribution is -2.60. The van der Waals surface area contributed by atoms with Crippen molar-refractivity contribution in [2.75, 3.05) is 0 Å². The summed E-state index contributed by atoms with van der Waals surface area (Å²) in [7, 11) is 0. The van der Waals surface area contributed by atoms with E-state index in [2.05, 4.69) is 10.6 Å². The Morgan fingerprint density at radius 2 is 1.42 bits per heavy atom. The fourth-order valence-corrected chi connectivity index (χ4v) is 8.72. The van der Waals surface area contributed by atoms with E-state index in [9.17, 15) is 33.6 Å². The zero-order chi connectivity index (χ0) is 36.7. The Labute approximate surface area is 299 Å². The molecule has 3 amide bonds. The number of carbonyl (C=O) groups is 7. The monoisotopic (exact) mass is 697 g/mol. The van der Waals surface area contributed by atoms with E-state index >= 15 is 0 Å². The van der Waals surface area contributed by atoms with Crippen LogP contribution in [0, 0.1) is 35.0 Å². The number of carbonyl (C=O) groups excluding carboxylic acids is 7. The summed E-state index contributed by atoms with van der Waals surface area (Å²) in [6.45, 7) is 11.2. The van der Waals surface area contributed by atoms with E-state index in [4.69, 9.17) is 0 Å². The van der Waals surface area contributed by atoms with Crippen LogP contribution in [-0.4, -0.2) is 69.9 Å². The maximum atomic E-state index is 14.8. The molecule has 6 atom stereocenters. The highest BCUT2D eigenvalue weighted by molar-refractivity contribution is 6.38. The molecule has 0 aromatic heterocycles. The van der Waals surface area contributed by atoms with Crippen molar-refractivity contribution in [3.63, 3.8) is 0 Å². The fraction of sp³-hybridized carbons (Fsp3) is 0.825. The second kappa shape index (κ2) is 17.5. The first-order valence-electron chi connectivity index (χ1n) is 19.7. The van der Waals surface area contributed by atoms with Crippen molar-refractivity contribution in [1.29, 1.82) is 0 Å². The molecule has 280 valence electrons. The van der Waals surface area contributed by atoms with Gasteiger partial charge in [-0.3, -0.25) is 33.6 Å². The SMILES string of the molecule is CCC[C@H](CC(=O)[C@@H]1C[C@@H]2CCCC[C@@H]2N1C(=O)[C@@H](NC(=O)[C@@H](CC(=O)C(=O)NC(C)C)C1CCCCC1)C(C)(C)C)C(=O)C(=O)CC1CC1. The van der Waals surface area contributed by atoms with Crippen molar-refractivity contribution in [2.24, 2.45) is 35.0 Å². The molecule has 0 aromatic carbocycles. The first-order chi connectivity index (χ1) is 23.6. The number of ketones is 4. The van der Waals surface area contributed by atoms with Gasteiger partial charge in [-0.15, -0.1) is 0 Å². The summed E-state index contributed by atoms with van der Waals surface area (Å²) in [5.74, 6) is -4.12. The minimum Gasteiger partial charge on any atom is -0.347 e. The van der Waals surface area contributed by atoms with Crippen molar-refractivity contribution in [2.45, 2.75) is 175 Å². The average Bonchev–Trinajstić information content (AvgIpc) is 3.80.